The lowest BCUT2D eigenvalue weighted by Crippen LogP contribution is -2.20. The van der Waals surface area contributed by atoms with E-state index in [1.165, 1.54) is 37.8 Å². The Morgan fingerprint density at radius 3 is 2.84 bits per heavy atom. The van der Waals surface area contributed by atoms with Crippen LogP contribution >= 0.6 is 0 Å². The van der Waals surface area contributed by atoms with Gasteiger partial charge < -0.3 is 14.8 Å². The van der Waals surface area contributed by atoms with Gasteiger partial charge in [0.05, 0.1) is 6.10 Å². The Labute approximate surface area is 116 Å². The molecule has 0 aromatic rings. The van der Waals surface area contributed by atoms with Crippen LogP contribution in [-0.4, -0.2) is 43.0 Å². The first-order valence-electron chi connectivity index (χ1n) is 7.59. The summed E-state index contributed by atoms with van der Waals surface area (Å²) in [4.78, 5) is 13.3. The van der Waals surface area contributed by atoms with E-state index in [1.807, 2.05) is 0 Å². The molecule has 0 amide bonds. The third kappa shape index (κ3) is 3.67. The van der Waals surface area contributed by atoms with Crippen LogP contribution in [0.15, 0.2) is 11.6 Å². The molecule has 0 unspecified atom stereocenters. The van der Waals surface area contributed by atoms with E-state index in [2.05, 4.69) is 25.1 Å². The zero-order chi connectivity index (χ0) is 13.8. The molecule has 108 valence electrons. The topological polar surface area (TPSA) is 40.5 Å². The number of nitrogens with zero attached hydrogens (tertiary/aromatic N) is 1. The second-order valence-electron chi connectivity index (χ2n) is 6.49. The summed E-state index contributed by atoms with van der Waals surface area (Å²) in [6.45, 7) is 1.17. The van der Waals surface area contributed by atoms with Gasteiger partial charge in [-0.3, -0.25) is 0 Å². The van der Waals surface area contributed by atoms with Crippen molar-refractivity contribution in [1.82, 2.24) is 4.90 Å². The fourth-order valence-corrected chi connectivity index (χ4v) is 3.67. The van der Waals surface area contributed by atoms with Crippen LogP contribution in [0.2, 0.25) is 0 Å². The van der Waals surface area contributed by atoms with Crippen molar-refractivity contribution in [2.75, 3.05) is 20.6 Å². The maximum absolute atomic E-state index is 11.0. The van der Waals surface area contributed by atoms with E-state index < -0.39 is 6.10 Å². The molecule has 0 aliphatic heterocycles. The monoisotopic (exact) mass is 265 g/mol. The summed E-state index contributed by atoms with van der Waals surface area (Å²) < 4.78 is 0. The van der Waals surface area contributed by atoms with Gasteiger partial charge in [0, 0.05) is 5.92 Å². The maximum Gasteiger partial charge on any atom is 0.125 e. The Hall–Kier alpha value is -0.670. The van der Waals surface area contributed by atoms with Gasteiger partial charge in [-0.15, -0.1) is 0 Å². The fourth-order valence-electron chi connectivity index (χ4n) is 3.67. The van der Waals surface area contributed by atoms with Crippen LogP contribution in [0.1, 0.15) is 38.5 Å². The molecule has 0 saturated heterocycles. The van der Waals surface area contributed by atoms with Crippen LogP contribution in [0.3, 0.4) is 0 Å². The number of aldehydes is 1. The SMILES string of the molecule is CN(C)CCCCCC1=C[C@H]2C[C@@H](O)[C@H](C=O)[C@H]2C1. The van der Waals surface area contributed by atoms with Crippen LogP contribution < -0.4 is 0 Å². The quantitative estimate of drug-likeness (QED) is 0.436. The Morgan fingerprint density at radius 2 is 2.16 bits per heavy atom. The maximum atomic E-state index is 11.0. The largest absolute Gasteiger partial charge is 0.392 e. The highest BCUT2D eigenvalue weighted by Crippen LogP contribution is 2.46. The molecule has 1 saturated carbocycles. The number of aliphatic hydroxyl groups is 1. The predicted octanol–water partition coefficient (Wildman–Crippen LogP) is 2.25. The molecule has 0 aromatic heterocycles. The van der Waals surface area contributed by atoms with Gasteiger partial charge in [-0.2, -0.15) is 0 Å². The van der Waals surface area contributed by atoms with Crippen molar-refractivity contribution in [1.29, 1.82) is 0 Å². The number of aliphatic hydroxyl groups excluding tert-OH is 1. The highest BCUT2D eigenvalue weighted by atomic mass is 16.3. The van der Waals surface area contributed by atoms with Crippen LogP contribution in [-0.2, 0) is 4.79 Å². The zero-order valence-corrected chi connectivity index (χ0v) is 12.2. The highest BCUT2D eigenvalue weighted by Gasteiger charge is 2.44. The van der Waals surface area contributed by atoms with Crippen LogP contribution in [0.25, 0.3) is 0 Å². The van der Waals surface area contributed by atoms with Crippen molar-refractivity contribution < 1.29 is 9.90 Å². The van der Waals surface area contributed by atoms with Gasteiger partial charge in [-0.1, -0.05) is 18.1 Å². The molecule has 2 rings (SSSR count). The minimum atomic E-state index is -0.398. The Morgan fingerprint density at radius 1 is 1.37 bits per heavy atom. The Bertz CT molecular complexity index is 338. The van der Waals surface area contributed by atoms with E-state index >= 15 is 0 Å². The van der Waals surface area contributed by atoms with Gasteiger partial charge in [0.2, 0.25) is 0 Å². The molecule has 3 nitrogen and oxygen atoms in total. The average molecular weight is 265 g/mol. The van der Waals surface area contributed by atoms with E-state index in [1.54, 1.807) is 0 Å². The van der Waals surface area contributed by atoms with Gasteiger partial charge in [-0.25, -0.2) is 0 Å². The number of carbonyl (C=O) groups is 1. The molecule has 0 radical (unpaired) electrons. The van der Waals surface area contributed by atoms with Crippen molar-refractivity contribution in [2.45, 2.75) is 44.6 Å². The standard InChI is InChI=1S/C16H27NO2/c1-17(2)7-5-3-4-6-12-8-13-10-16(19)15(11-18)14(13)9-12/h8,11,13-16,19H,3-7,9-10H2,1-2H3/t13-,14-,15+,16+/m0/s1. The minimum absolute atomic E-state index is 0.118. The van der Waals surface area contributed by atoms with Crippen molar-refractivity contribution in [3.05, 3.63) is 11.6 Å². The number of fused-ring (bicyclic) bond motifs is 1. The molecular formula is C16H27NO2. The lowest BCUT2D eigenvalue weighted by atomic mass is 9.90. The smallest absolute Gasteiger partial charge is 0.125 e. The van der Waals surface area contributed by atoms with Gasteiger partial charge in [0.25, 0.3) is 0 Å². The van der Waals surface area contributed by atoms with Gasteiger partial charge >= 0.3 is 0 Å². The molecule has 0 aromatic carbocycles. The second kappa shape index (κ2) is 6.67. The summed E-state index contributed by atoms with van der Waals surface area (Å²) in [5.74, 6) is 0.735. The van der Waals surface area contributed by atoms with E-state index in [9.17, 15) is 9.90 Å². The van der Waals surface area contributed by atoms with Gasteiger partial charge in [-0.05, 0) is 64.6 Å². The van der Waals surface area contributed by atoms with E-state index in [0.29, 0.717) is 11.8 Å². The van der Waals surface area contributed by atoms with Gasteiger partial charge in [0.15, 0.2) is 0 Å². The first-order valence-corrected chi connectivity index (χ1v) is 7.59. The number of rotatable bonds is 7. The number of unbranched alkanes of at least 4 members (excludes halogenated alkanes) is 2. The van der Waals surface area contributed by atoms with E-state index in [0.717, 1.165) is 19.1 Å². The molecule has 2 aliphatic rings. The molecule has 1 fully saturated rings. The molecule has 0 heterocycles. The van der Waals surface area contributed by atoms with Crippen LogP contribution in [0, 0.1) is 17.8 Å². The highest BCUT2D eigenvalue weighted by molar-refractivity contribution is 5.57. The molecule has 3 heteroatoms. The van der Waals surface area contributed by atoms with Crippen molar-refractivity contribution in [2.24, 2.45) is 17.8 Å². The molecule has 4 atom stereocenters. The number of hydrogen-bond donors (Lipinski definition) is 1. The summed E-state index contributed by atoms with van der Waals surface area (Å²) in [5, 5.41) is 9.81. The minimum Gasteiger partial charge on any atom is -0.392 e. The molecule has 0 spiro atoms. The van der Waals surface area contributed by atoms with Crippen molar-refractivity contribution >= 4 is 6.29 Å². The Kier molecular flexibility index (Phi) is 5.17. The summed E-state index contributed by atoms with van der Waals surface area (Å²) in [5.41, 5.74) is 1.53. The molecule has 19 heavy (non-hydrogen) atoms. The first-order chi connectivity index (χ1) is 9.11. The summed E-state index contributed by atoms with van der Waals surface area (Å²) >= 11 is 0. The number of allylic oxidation sites excluding steroid dienone is 2. The van der Waals surface area contributed by atoms with Gasteiger partial charge in [0.1, 0.15) is 6.29 Å². The summed E-state index contributed by atoms with van der Waals surface area (Å²) in [6.07, 6.45) is 9.75. The van der Waals surface area contributed by atoms with Crippen LogP contribution in [0.4, 0.5) is 0 Å². The Balaban J connectivity index is 1.70. The number of hydrogen-bond acceptors (Lipinski definition) is 3. The zero-order valence-electron chi connectivity index (χ0n) is 12.2. The average Bonchev–Trinajstić information content (AvgIpc) is 2.84. The number of carbonyl (C=O) groups excluding carboxylic acids is 1. The van der Waals surface area contributed by atoms with Crippen molar-refractivity contribution in [3.8, 4) is 0 Å². The lowest BCUT2D eigenvalue weighted by molar-refractivity contribution is -0.114. The molecule has 0 bridgehead atoms. The van der Waals surface area contributed by atoms with E-state index in [-0.39, 0.29) is 5.92 Å². The summed E-state index contributed by atoms with van der Waals surface area (Å²) in [7, 11) is 4.23. The van der Waals surface area contributed by atoms with Crippen LogP contribution in [0.5, 0.6) is 0 Å². The molecular weight excluding hydrogens is 238 g/mol. The van der Waals surface area contributed by atoms with E-state index in [4.69, 9.17) is 0 Å². The first kappa shape index (κ1) is 14.7. The lowest BCUT2D eigenvalue weighted by Gasteiger charge is -2.15. The second-order valence-corrected chi connectivity index (χ2v) is 6.49. The molecule has 1 N–H and O–H groups in total. The normalized spacial score (nSPS) is 33.6. The van der Waals surface area contributed by atoms with Crippen molar-refractivity contribution in [3.63, 3.8) is 0 Å². The molecule has 2 aliphatic carbocycles. The predicted molar refractivity (Wildman–Crippen MR) is 76.9 cm³/mol. The third-order valence-electron chi connectivity index (χ3n) is 4.71. The fraction of sp³-hybridized carbons (Fsp3) is 0.812. The summed E-state index contributed by atoms with van der Waals surface area (Å²) in [6, 6.07) is 0. The third-order valence-corrected chi connectivity index (χ3v) is 4.71.